The summed E-state index contributed by atoms with van der Waals surface area (Å²) in [4.78, 5) is 13.9. The lowest BCUT2D eigenvalue weighted by Crippen LogP contribution is -2.53. The number of rotatable bonds is 5. The summed E-state index contributed by atoms with van der Waals surface area (Å²) in [5, 5.41) is 11.9. The number of hydrogen-bond donors (Lipinski definition) is 2. The highest BCUT2D eigenvalue weighted by molar-refractivity contribution is 5.75. The van der Waals surface area contributed by atoms with Crippen molar-refractivity contribution in [3.63, 3.8) is 0 Å². The van der Waals surface area contributed by atoms with Gasteiger partial charge in [0.15, 0.2) is 0 Å². The maximum absolute atomic E-state index is 12.0. The van der Waals surface area contributed by atoms with E-state index < -0.39 is 0 Å². The number of urea groups is 1. The Bertz CT molecular complexity index is 237. The van der Waals surface area contributed by atoms with Gasteiger partial charge in [0, 0.05) is 25.2 Å². The van der Waals surface area contributed by atoms with Crippen LogP contribution in [0.4, 0.5) is 4.79 Å². The minimum absolute atomic E-state index is 0.0860. The zero-order chi connectivity index (χ0) is 11.4. The zero-order valence-corrected chi connectivity index (χ0v) is 9.82. The van der Waals surface area contributed by atoms with Gasteiger partial charge in [-0.05, 0) is 44.9 Å². The monoisotopic (exact) mass is 226 g/mol. The molecule has 2 fully saturated rings. The van der Waals surface area contributed by atoms with E-state index in [0.29, 0.717) is 25.0 Å². The molecule has 0 spiro atoms. The summed E-state index contributed by atoms with van der Waals surface area (Å²) in [5.74, 6) is 0. The highest BCUT2D eigenvalue weighted by Gasteiger charge is 2.30. The van der Waals surface area contributed by atoms with E-state index in [1.807, 2.05) is 4.90 Å². The highest BCUT2D eigenvalue weighted by Crippen LogP contribution is 2.26. The Hall–Kier alpha value is -0.770. The van der Waals surface area contributed by atoms with E-state index >= 15 is 0 Å². The summed E-state index contributed by atoms with van der Waals surface area (Å²) in [6.07, 6.45) is 7.68. The smallest absolute Gasteiger partial charge is 0.317 e. The van der Waals surface area contributed by atoms with Crippen LogP contribution in [0.1, 0.15) is 44.9 Å². The van der Waals surface area contributed by atoms with E-state index in [0.717, 1.165) is 25.7 Å². The van der Waals surface area contributed by atoms with Crippen LogP contribution in [0, 0.1) is 0 Å². The van der Waals surface area contributed by atoms with Crippen molar-refractivity contribution in [2.45, 2.75) is 57.0 Å². The zero-order valence-electron chi connectivity index (χ0n) is 9.82. The topological polar surface area (TPSA) is 52.6 Å². The largest absolute Gasteiger partial charge is 0.396 e. The van der Waals surface area contributed by atoms with E-state index in [4.69, 9.17) is 5.11 Å². The van der Waals surface area contributed by atoms with Crippen LogP contribution < -0.4 is 5.32 Å². The van der Waals surface area contributed by atoms with Gasteiger partial charge in [-0.15, -0.1) is 0 Å². The molecule has 0 bridgehead atoms. The SMILES string of the molecule is O=C(NC1CCC1)N(CCCO)C1CCC1. The highest BCUT2D eigenvalue weighted by atomic mass is 16.3. The predicted octanol–water partition coefficient (Wildman–Crippen LogP) is 1.49. The van der Waals surface area contributed by atoms with Crippen molar-refractivity contribution in [1.82, 2.24) is 10.2 Å². The second kappa shape index (κ2) is 5.53. The molecule has 0 aliphatic heterocycles. The quantitative estimate of drug-likeness (QED) is 0.746. The normalized spacial score (nSPS) is 21.1. The van der Waals surface area contributed by atoms with Gasteiger partial charge in [-0.3, -0.25) is 0 Å². The number of aliphatic hydroxyl groups excluding tert-OH is 1. The summed E-state index contributed by atoms with van der Waals surface area (Å²) in [6.45, 7) is 0.861. The van der Waals surface area contributed by atoms with Crippen molar-refractivity contribution < 1.29 is 9.90 Å². The molecule has 2 aliphatic rings. The van der Waals surface area contributed by atoms with E-state index in [-0.39, 0.29) is 12.6 Å². The third kappa shape index (κ3) is 2.67. The number of nitrogens with zero attached hydrogens (tertiary/aromatic N) is 1. The first-order valence-corrected chi connectivity index (χ1v) is 6.49. The molecule has 92 valence electrons. The molecule has 2 N–H and O–H groups in total. The number of amides is 2. The van der Waals surface area contributed by atoms with Crippen LogP contribution in [0.25, 0.3) is 0 Å². The average Bonchev–Trinajstić information content (AvgIpc) is 2.14. The summed E-state index contributed by atoms with van der Waals surface area (Å²) >= 11 is 0. The second-order valence-corrected chi connectivity index (χ2v) is 4.93. The molecule has 0 aromatic heterocycles. The number of hydrogen-bond acceptors (Lipinski definition) is 2. The van der Waals surface area contributed by atoms with Crippen molar-refractivity contribution in [3.05, 3.63) is 0 Å². The Kier molecular flexibility index (Phi) is 4.04. The maximum Gasteiger partial charge on any atom is 0.317 e. The van der Waals surface area contributed by atoms with Gasteiger partial charge in [0.1, 0.15) is 0 Å². The molecule has 16 heavy (non-hydrogen) atoms. The molecule has 0 aromatic carbocycles. The number of carbonyl (C=O) groups is 1. The minimum Gasteiger partial charge on any atom is -0.396 e. The minimum atomic E-state index is 0.0860. The lowest BCUT2D eigenvalue weighted by molar-refractivity contribution is 0.124. The standard InChI is InChI=1S/C12H22N2O2/c15-9-3-8-14(11-6-2-7-11)12(16)13-10-4-1-5-10/h10-11,15H,1-9H2,(H,13,16). The van der Waals surface area contributed by atoms with Gasteiger partial charge in [-0.2, -0.15) is 0 Å². The molecule has 0 radical (unpaired) electrons. The van der Waals surface area contributed by atoms with Crippen molar-refractivity contribution in [2.75, 3.05) is 13.2 Å². The Morgan fingerprint density at radius 2 is 1.94 bits per heavy atom. The molecule has 0 heterocycles. The van der Waals surface area contributed by atoms with E-state index in [2.05, 4.69) is 5.32 Å². The van der Waals surface area contributed by atoms with Crippen LogP contribution in [0.15, 0.2) is 0 Å². The van der Waals surface area contributed by atoms with Crippen molar-refractivity contribution in [1.29, 1.82) is 0 Å². The Balaban J connectivity index is 1.80. The fourth-order valence-electron chi connectivity index (χ4n) is 2.20. The fraction of sp³-hybridized carbons (Fsp3) is 0.917. The Morgan fingerprint density at radius 3 is 2.38 bits per heavy atom. The van der Waals surface area contributed by atoms with E-state index in [1.54, 1.807) is 0 Å². The molecule has 4 nitrogen and oxygen atoms in total. The molecule has 0 saturated heterocycles. The summed E-state index contributed by atoms with van der Waals surface area (Å²) in [6, 6.07) is 0.915. The first kappa shape index (κ1) is 11.7. The van der Waals surface area contributed by atoms with Gasteiger partial charge in [0.05, 0.1) is 0 Å². The molecule has 2 rings (SSSR count). The molecule has 0 atom stereocenters. The van der Waals surface area contributed by atoms with Gasteiger partial charge in [-0.1, -0.05) is 0 Å². The number of carbonyl (C=O) groups excluding carboxylic acids is 1. The average molecular weight is 226 g/mol. The summed E-state index contributed by atoms with van der Waals surface area (Å²) in [7, 11) is 0. The third-order valence-electron chi connectivity index (χ3n) is 3.77. The van der Waals surface area contributed by atoms with Crippen LogP contribution in [0.3, 0.4) is 0 Å². The van der Waals surface area contributed by atoms with Crippen LogP contribution in [-0.4, -0.2) is 41.3 Å². The maximum atomic E-state index is 12.0. The van der Waals surface area contributed by atoms with Gasteiger partial charge >= 0.3 is 6.03 Å². The molecule has 4 heteroatoms. The third-order valence-corrected chi connectivity index (χ3v) is 3.77. The van der Waals surface area contributed by atoms with Gasteiger partial charge < -0.3 is 15.3 Å². The van der Waals surface area contributed by atoms with Crippen molar-refractivity contribution in [2.24, 2.45) is 0 Å². The van der Waals surface area contributed by atoms with Gasteiger partial charge in [0.25, 0.3) is 0 Å². The van der Waals surface area contributed by atoms with E-state index in [1.165, 1.54) is 12.8 Å². The first-order valence-electron chi connectivity index (χ1n) is 6.49. The fourth-order valence-corrected chi connectivity index (χ4v) is 2.20. The number of aliphatic hydroxyl groups is 1. The molecule has 2 amide bonds. The second-order valence-electron chi connectivity index (χ2n) is 4.93. The summed E-state index contributed by atoms with van der Waals surface area (Å²) in [5.41, 5.74) is 0. The lowest BCUT2D eigenvalue weighted by Gasteiger charge is -2.39. The number of nitrogens with one attached hydrogen (secondary N) is 1. The van der Waals surface area contributed by atoms with Crippen LogP contribution >= 0.6 is 0 Å². The van der Waals surface area contributed by atoms with Crippen molar-refractivity contribution in [3.8, 4) is 0 Å². The van der Waals surface area contributed by atoms with Gasteiger partial charge in [-0.25, -0.2) is 4.79 Å². The first-order chi connectivity index (χ1) is 7.81. The van der Waals surface area contributed by atoms with Crippen LogP contribution in [-0.2, 0) is 0 Å². The Morgan fingerprint density at radius 1 is 1.25 bits per heavy atom. The molecule has 0 unspecified atom stereocenters. The molecular weight excluding hydrogens is 204 g/mol. The van der Waals surface area contributed by atoms with Crippen LogP contribution in [0.5, 0.6) is 0 Å². The van der Waals surface area contributed by atoms with Crippen molar-refractivity contribution >= 4 is 6.03 Å². The van der Waals surface area contributed by atoms with Crippen LogP contribution in [0.2, 0.25) is 0 Å². The van der Waals surface area contributed by atoms with E-state index in [9.17, 15) is 4.79 Å². The molecule has 2 aliphatic carbocycles. The molecule has 2 saturated carbocycles. The molecular formula is C12H22N2O2. The van der Waals surface area contributed by atoms with Gasteiger partial charge in [0.2, 0.25) is 0 Å². The Labute approximate surface area is 97.0 Å². The predicted molar refractivity (Wildman–Crippen MR) is 62.2 cm³/mol. The molecule has 0 aromatic rings. The lowest BCUT2D eigenvalue weighted by atomic mass is 9.91. The summed E-state index contributed by atoms with van der Waals surface area (Å²) < 4.78 is 0.